The molecule has 0 aromatic heterocycles. The average molecular weight is 260 g/mol. The van der Waals surface area contributed by atoms with Crippen molar-refractivity contribution in [2.45, 2.75) is 11.3 Å². The molecule has 0 fully saturated rings. The van der Waals surface area contributed by atoms with Crippen molar-refractivity contribution in [1.82, 2.24) is 0 Å². The van der Waals surface area contributed by atoms with Crippen molar-refractivity contribution in [3.05, 3.63) is 17.7 Å². The van der Waals surface area contributed by atoms with Gasteiger partial charge in [-0.05, 0) is 24.1 Å². The summed E-state index contributed by atoms with van der Waals surface area (Å²) in [5.74, 6) is -0.395. The van der Waals surface area contributed by atoms with Gasteiger partial charge in [-0.25, -0.2) is 8.42 Å². The minimum absolute atomic E-state index is 0.0156. The Hall–Kier alpha value is -1.31. The molecule has 0 spiro atoms. The molecule has 0 amide bonds. The number of aliphatic hydroxyl groups excluding tert-OH is 2. The molecule has 0 aliphatic rings. The molecule has 0 bridgehead atoms. The van der Waals surface area contributed by atoms with Crippen LogP contribution in [0.1, 0.15) is 5.56 Å². The molecule has 0 saturated heterocycles. The van der Waals surface area contributed by atoms with Gasteiger partial charge in [-0.3, -0.25) is 0 Å². The summed E-state index contributed by atoms with van der Waals surface area (Å²) in [5, 5.41) is 17.6. The number of nitrogens with two attached hydrogens (primary N) is 2. The fourth-order valence-electron chi connectivity index (χ4n) is 1.58. The summed E-state index contributed by atoms with van der Waals surface area (Å²) in [7, 11) is -3.63. The standard InChI is InChI=1S/C10H16N2O4S/c11-7-5-9(12)8(1-2-13)10(6-7)17(15,16)4-3-14/h5-6,13-14H,1-4,11-12H2. The zero-order valence-electron chi connectivity index (χ0n) is 9.26. The molecule has 1 aromatic rings. The molecule has 17 heavy (non-hydrogen) atoms. The second-order valence-corrected chi connectivity index (χ2v) is 5.68. The van der Waals surface area contributed by atoms with Crippen LogP contribution < -0.4 is 11.5 Å². The van der Waals surface area contributed by atoms with Crippen LogP contribution in [-0.2, 0) is 16.3 Å². The average Bonchev–Trinajstić information content (AvgIpc) is 2.21. The van der Waals surface area contributed by atoms with Crippen molar-refractivity contribution in [2.75, 3.05) is 30.4 Å². The Morgan fingerprint density at radius 2 is 1.76 bits per heavy atom. The minimum atomic E-state index is -3.63. The molecule has 6 N–H and O–H groups in total. The van der Waals surface area contributed by atoms with Gasteiger partial charge in [0.05, 0.1) is 17.3 Å². The third-order valence-corrected chi connectivity index (χ3v) is 4.08. The Morgan fingerprint density at radius 1 is 1.12 bits per heavy atom. The van der Waals surface area contributed by atoms with Crippen LogP contribution in [0.25, 0.3) is 0 Å². The van der Waals surface area contributed by atoms with E-state index in [0.29, 0.717) is 5.56 Å². The van der Waals surface area contributed by atoms with E-state index in [1.165, 1.54) is 12.1 Å². The van der Waals surface area contributed by atoms with Crippen molar-refractivity contribution in [2.24, 2.45) is 0 Å². The Balaban J connectivity index is 3.40. The number of aliphatic hydroxyl groups is 2. The molecule has 96 valence electrons. The highest BCUT2D eigenvalue weighted by Gasteiger charge is 2.20. The van der Waals surface area contributed by atoms with Crippen LogP contribution in [0.15, 0.2) is 17.0 Å². The highest BCUT2D eigenvalue weighted by atomic mass is 32.2. The first kappa shape index (κ1) is 13.8. The van der Waals surface area contributed by atoms with E-state index >= 15 is 0 Å². The van der Waals surface area contributed by atoms with Gasteiger partial charge < -0.3 is 21.7 Å². The number of rotatable bonds is 5. The lowest BCUT2D eigenvalue weighted by molar-refractivity contribution is 0.299. The molecule has 1 aromatic carbocycles. The summed E-state index contributed by atoms with van der Waals surface area (Å²) in [6.45, 7) is -0.689. The number of hydrogen-bond acceptors (Lipinski definition) is 6. The predicted octanol–water partition coefficient (Wildman–Crippen LogP) is -0.848. The molecule has 7 heteroatoms. The number of hydrogen-bond donors (Lipinski definition) is 4. The summed E-state index contributed by atoms with van der Waals surface area (Å²) in [4.78, 5) is -0.0156. The largest absolute Gasteiger partial charge is 0.399 e. The fourth-order valence-corrected chi connectivity index (χ4v) is 2.95. The maximum absolute atomic E-state index is 11.9. The lowest BCUT2D eigenvalue weighted by atomic mass is 10.1. The van der Waals surface area contributed by atoms with E-state index in [2.05, 4.69) is 0 Å². The summed E-state index contributed by atoms with van der Waals surface area (Å²) >= 11 is 0. The first-order chi connectivity index (χ1) is 7.92. The number of nitrogen functional groups attached to an aromatic ring is 2. The van der Waals surface area contributed by atoms with Crippen LogP contribution >= 0.6 is 0 Å². The number of anilines is 2. The summed E-state index contributed by atoms with van der Waals surface area (Å²) in [6, 6.07) is 2.75. The number of benzene rings is 1. The highest BCUT2D eigenvalue weighted by molar-refractivity contribution is 7.91. The first-order valence-electron chi connectivity index (χ1n) is 5.04. The zero-order valence-corrected chi connectivity index (χ0v) is 10.1. The van der Waals surface area contributed by atoms with Crippen LogP contribution in [0.5, 0.6) is 0 Å². The SMILES string of the molecule is Nc1cc(N)c(CCO)c(S(=O)(=O)CCO)c1. The third kappa shape index (κ3) is 3.09. The maximum atomic E-state index is 11.9. The fraction of sp³-hybridized carbons (Fsp3) is 0.400. The van der Waals surface area contributed by atoms with E-state index in [4.69, 9.17) is 21.7 Å². The molecule has 0 atom stereocenters. The van der Waals surface area contributed by atoms with E-state index in [9.17, 15) is 8.42 Å². The molecule has 1 rings (SSSR count). The molecule has 0 radical (unpaired) electrons. The zero-order chi connectivity index (χ0) is 13.1. The molecular formula is C10H16N2O4S. The van der Waals surface area contributed by atoms with Crippen molar-refractivity contribution in [1.29, 1.82) is 0 Å². The Kier molecular flexibility index (Phi) is 4.33. The smallest absolute Gasteiger partial charge is 0.181 e. The molecule has 0 heterocycles. The Bertz CT molecular complexity index is 499. The molecule has 6 nitrogen and oxygen atoms in total. The first-order valence-corrected chi connectivity index (χ1v) is 6.70. The van der Waals surface area contributed by atoms with Crippen molar-refractivity contribution >= 4 is 21.2 Å². The van der Waals surface area contributed by atoms with Gasteiger partial charge in [0.25, 0.3) is 0 Å². The van der Waals surface area contributed by atoms with Crippen LogP contribution in [0, 0.1) is 0 Å². The van der Waals surface area contributed by atoms with Crippen molar-refractivity contribution in [3.63, 3.8) is 0 Å². The van der Waals surface area contributed by atoms with Crippen molar-refractivity contribution in [3.8, 4) is 0 Å². The lowest BCUT2D eigenvalue weighted by Gasteiger charge is -2.12. The summed E-state index contributed by atoms with van der Waals surface area (Å²) in [5.41, 5.74) is 12.0. The van der Waals surface area contributed by atoms with Gasteiger partial charge in [0, 0.05) is 18.0 Å². The van der Waals surface area contributed by atoms with Crippen LogP contribution in [0.3, 0.4) is 0 Å². The summed E-state index contributed by atoms with van der Waals surface area (Å²) < 4.78 is 23.8. The van der Waals surface area contributed by atoms with Crippen molar-refractivity contribution < 1.29 is 18.6 Å². The Morgan fingerprint density at radius 3 is 2.29 bits per heavy atom. The molecule has 0 unspecified atom stereocenters. The number of sulfone groups is 1. The quantitative estimate of drug-likeness (QED) is 0.511. The van der Waals surface area contributed by atoms with Gasteiger partial charge in [0.1, 0.15) is 0 Å². The van der Waals surface area contributed by atoms with E-state index in [1.807, 2.05) is 0 Å². The third-order valence-electron chi connectivity index (χ3n) is 2.32. The van der Waals surface area contributed by atoms with E-state index in [0.717, 1.165) is 0 Å². The second-order valence-electron chi connectivity index (χ2n) is 3.60. The van der Waals surface area contributed by atoms with Crippen LogP contribution in [0.4, 0.5) is 11.4 Å². The van der Waals surface area contributed by atoms with Gasteiger partial charge >= 0.3 is 0 Å². The van der Waals surface area contributed by atoms with Gasteiger partial charge in [-0.15, -0.1) is 0 Å². The van der Waals surface area contributed by atoms with E-state index in [-0.39, 0.29) is 29.3 Å². The lowest BCUT2D eigenvalue weighted by Crippen LogP contribution is -2.15. The monoisotopic (exact) mass is 260 g/mol. The molecular weight excluding hydrogens is 244 g/mol. The molecule has 0 aliphatic heterocycles. The van der Waals surface area contributed by atoms with Gasteiger partial charge in [-0.2, -0.15) is 0 Å². The van der Waals surface area contributed by atoms with E-state index in [1.54, 1.807) is 0 Å². The van der Waals surface area contributed by atoms with Gasteiger partial charge in [0.2, 0.25) is 0 Å². The van der Waals surface area contributed by atoms with E-state index < -0.39 is 22.2 Å². The minimum Gasteiger partial charge on any atom is -0.399 e. The highest BCUT2D eigenvalue weighted by Crippen LogP contribution is 2.26. The summed E-state index contributed by atoms with van der Waals surface area (Å²) in [6.07, 6.45) is 0.131. The van der Waals surface area contributed by atoms with Gasteiger partial charge in [0.15, 0.2) is 9.84 Å². The molecule has 0 aliphatic carbocycles. The Labute approximate surface area is 99.8 Å². The topological polar surface area (TPSA) is 127 Å². The maximum Gasteiger partial charge on any atom is 0.181 e. The normalized spacial score (nSPS) is 11.6. The predicted molar refractivity (Wildman–Crippen MR) is 65.2 cm³/mol. The van der Waals surface area contributed by atoms with Crippen LogP contribution in [0.2, 0.25) is 0 Å². The van der Waals surface area contributed by atoms with Crippen LogP contribution in [-0.4, -0.2) is 37.6 Å². The second kappa shape index (κ2) is 5.35. The molecule has 0 saturated carbocycles. The van der Waals surface area contributed by atoms with Gasteiger partial charge in [-0.1, -0.05) is 0 Å².